The summed E-state index contributed by atoms with van der Waals surface area (Å²) in [6, 6.07) is 12.2. The van der Waals surface area contributed by atoms with Crippen LogP contribution in [0.15, 0.2) is 59.3 Å². The fourth-order valence-electron chi connectivity index (χ4n) is 2.55. The average molecular weight is 402 g/mol. The van der Waals surface area contributed by atoms with Crippen molar-refractivity contribution in [2.45, 2.75) is 20.0 Å². The Balaban J connectivity index is 1.67. The van der Waals surface area contributed by atoms with E-state index in [9.17, 15) is 9.18 Å². The summed E-state index contributed by atoms with van der Waals surface area (Å²) in [6.45, 7) is 3.01. The maximum Gasteiger partial charge on any atom is 0.254 e. The van der Waals surface area contributed by atoms with Crippen LogP contribution >= 0.6 is 15.9 Å². The fourth-order valence-corrected chi connectivity index (χ4v) is 2.92. The van der Waals surface area contributed by atoms with Crippen molar-refractivity contribution < 1.29 is 9.18 Å². The molecule has 1 amide bonds. The summed E-state index contributed by atoms with van der Waals surface area (Å²) in [6.07, 6.45) is 3.70. The molecule has 0 fully saturated rings. The van der Waals surface area contributed by atoms with Crippen LogP contribution in [-0.2, 0) is 13.1 Å². The van der Waals surface area contributed by atoms with E-state index in [1.165, 1.54) is 12.1 Å². The molecule has 4 nitrogen and oxygen atoms in total. The molecule has 25 heavy (non-hydrogen) atoms. The molecule has 1 aromatic heterocycles. The van der Waals surface area contributed by atoms with E-state index in [4.69, 9.17) is 0 Å². The molecule has 0 spiro atoms. The molecule has 0 radical (unpaired) electrons. The molecule has 0 aliphatic carbocycles. The molecule has 0 atom stereocenters. The average Bonchev–Trinajstić information content (AvgIpc) is 3.00. The third kappa shape index (κ3) is 4.33. The molecule has 0 aliphatic rings. The van der Waals surface area contributed by atoms with Gasteiger partial charge in [0.05, 0.1) is 5.56 Å². The molecule has 0 aliphatic heterocycles. The Kier molecular flexibility index (Phi) is 5.28. The number of aryl methyl sites for hydroxylation is 1. The van der Waals surface area contributed by atoms with Crippen molar-refractivity contribution >= 4 is 21.8 Å². The van der Waals surface area contributed by atoms with Gasteiger partial charge in [0, 0.05) is 30.0 Å². The topological polar surface area (TPSA) is 46.9 Å². The second kappa shape index (κ2) is 7.61. The number of hydrogen-bond donors (Lipinski definition) is 1. The van der Waals surface area contributed by atoms with E-state index in [1.54, 1.807) is 12.3 Å². The molecule has 1 N–H and O–H groups in total. The Morgan fingerprint density at radius 2 is 2.04 bits per heavy atom. The quantitative estimate of drug-likeness (QED) is 0.700. The van der Waals surface area contributed by atoms with Crippen LogP contribution in [0.25, 0.3) is 0 Å². The van der Waals surface area contributed by atoms with Gasteiger partial charge in [0.2, 0.25) is 0 Å². The third-order valence-corrected chi connectivity index (χ3v) is 4.39. The highest BCUT2D eigenvalue weighted by molar-refractivity contribution is 9.10. The van der Waals surface area contributed by atoms with E-state index in [-0.39, 0.29) is 5.56 Å². The van der Waals surface area contributed by atoms with Crippen LogP contribution in [0.4, 0.5) is 4.39 Å². The minimum Gasteiger partial charge on any atom is -0.348 e. The molecule has 6 heteroatoms. The van der Waals surface area contributed by atoms with Crippen LogP contribution in [0.5, 0.6) is 0 Å². The third-order valence-electron chi connectivity index (χ3n) is 3.89. The lowest BCUT2D eigenvalue weighted by Crippen LogP contribution is -2.24. The molecule has 3 rings (SSSR count). The highest BCUT2D eigenvalue weighted by atomic mass is 79.9. The van der Waals surface area contributed by atoms with Crippen molar-refractivity contribution in [2.24, 2.45) is 0 Å². The van der Waals surface area contributed by atoms with Crippen molar-refractivity contribution in [3.8, 4) is 0 Å². The summed E-state index contributed by atoms with van der Waals surface area (Å²) in [5.74, 6) is -0.0245. The number of halogens is 2. The standard InChI is InChI=1S/C19H17BrFN3O/c1-13-22-7-8-24(13)12-15-4-2-3-14(9-15)11-23-19(25)17-10-16(20)5-6-18(17)21/h2-10H,11-12H2,1H3,(H,23,25). The van der Waals surface area contributed by atoms with Crippen LogP contribution in [0, 0.1) is 12.7 Å². The Morgan fingerprint density at radius 3 is 2.80 bits per heavy atom. The van der Waals surface area contributed by atoms with Gasteiger partial charge in [-0.05, 0) is 36.2 Å². The number of nitrogens with zero attached hydrogens (tertiary/aromatic N) is 2. The predicted octanol–water partition coefficient (Wildman–Crippen LogP) is 4.07. The molecule has 3 aromatic rings. The van der Waals surface area contributed by atoms with Gasteiger partial charge in [0.1, 0.15) is 11.6 Å². The van der Waals surface area contributed by atoms with Crippen molar-refractivity contribution in [1.29, 1.82) is 0 Å². The number of aromatic nitrogens is 2. The van der Waals surface area contributed by atoms with E-state index in [2.05, 4.69) is 30.8 Å². The van der Waals surface area contributed by atoms with Crippen molar-refractivity contribution in [2.75, 3.05) is 0 Å². The minimum absolute atomic E-state index is 0.0274. The van der Waals surface area contributed by atoms with Crippen molar-refractivity contribution in [3.63, 3.8) is 0 Å². The van der Waals surface area contributed by atoms with Gasteiger partial charge in [-0.1, -0.05) is 40.2 Å². The SMILES string of the molecule is Cc1nccn1Cc1cccc(CNC(=O)c2cc(Br)ccc2F)c1. The second-order valence-corrected chi connectivity index (χ2v) is 6.64. The zero-order valence-corrected chi connectivity index (χ0v) is 15.3. The monoisotopic (exact) mass is 401 g/mol. The number of nitrogens with one attached hydrogen (secondary N) is 1. The van der Waals surface area contributed by atoms with Gasteiger partial charge in [-0.2, -0.15) is 0 Å². The van der Waals surface area contributed by atoms with E-state index in [1.807, 2.05) is 37.4 Å². The van der Waals surface area contributed by atoms with E-state index >= 15 is 0 Å². The fraction of sp³-hybridized carbons (Fsp3) is 0.158. The summed E-state index contributed by atoms with van der Waals surface area (Å²) in [5, 5.41) is 2.76. The zero-order chi connectivity index (χ0) is 17.8. The summed E-state index contributed by atoms with van der Waals surface area (Å²) in [4.78, 5) is 16.4. The zero-order valence-electron chi connectivity index (χ0n) is 13.7. The van der Waals surface area contributed by atoms with Gasteiger partial charge in [0.25, 0.3) is 5.91 Å². The first-order valence-corrected chi connectivity index (χ1v) is 8.61. The van der Waals surface area contributed by atoms with Gasteiger partial charge in [0.15, 0.2) is 0 Å². The Hall–Kier alpha value is -2.47. The van der Waals surface area contributed by atoms with Crippen LogP contribution in [0.1, 0.15) is 27.3 Å². The maximum absolute atomic E-state index is 13.8. The first-order valence-electron chi connectivity index (χ1n) is 7.82. The normalized spacial score (nSPS) is 10.7. The first kappa shape index (κ1) is 17.4. The number of carbonyl (C=O) groups is 1. The van der Waals surface area contributed by atoms with Crippen LogP contribution < -0.4 is 5.32 Å². The Morgan fingerprint density at radius 1 is 1.24 bits per heavy atom. The molecule has 0 saturated heterocycles. The van der Waals surface area contributed by atoms with Gasteiger partial charge >= 0.3 is 0 Å². The molecule has 0 bridgehead atoms. The summed E-state index contributed by atoms with van der Waals surface area (Å²) in [7, 11) is 0. The predicted molar refractivity (Wildman–Crippen MR) is 97.8 cm³/mol. The number of imidazole rings is 1. The van der Waals surface area contributed by atoms with E-state index in [0.29, 0.717) is 17.6 Å². The molecule has 0 unspecified atom stereocenters. The Labute approximate surface area is 153 Å². The lowest BCUT2D eigenvalue weighted by molar-refractivity contribution is 0.0947. The lowest BCUT2D eigenvalue weighted by atomic mass is 10.1. The largest absolute Gasteiger partial charge is 0.348 e. The van der Waals surface area contributed by atoms with Gasteiger partial charge in [-0.3, -0.25) is 4.79 Å². The highest BCUT2D eigenvalue weighted by Crippen LogP contribution is 2.16. The molecule has 1 heterocycles. The molecular weight excluding hydrogens is 385 g/mol. The minimum atomic E-state index is -0.537. The van der Waals surface area contributed by atoms with E-state index < -0.39 is 11.7 Å². The number of benzene rings is 2. The van der Waals surface area contributed by atoms with Crippen LogP contribution in [0.2, 0.25) is 0 Å². The van der Waals surface area contributed by atoms with Crippen molar-refractivity contribution in [3.05, 3.63) is 87.7 Å². The number of rotatable bonds is 5. The molecule has 2 aromatic carbocycles. The summed E-state index contributed by atoms with van der Waals surface area (Å²) in [5.41, 5.74) is 2.10. The summed E-state index contributed by atoms with van der Waals surface area (Å²) >= 11 is 3.25. The lowest BCUT2D eigenvalue weighted by Gasteiger charge is -2.09. The van der Waals surface area contributed by atoms with Gasteiger partial charge in [-0.25, -0.2) is 9.37 Å². The molecular formula is C19H17BrFN3O. The molecule has 0 saturated carbocycles. The van der Waals surface area contributed by atoms with Crippen LogP contribution in [-0.4, -0.2) is 15.5 Å². The Bertz CT molecular complexity index is 907. The van der Waals surface area contributed by atoms with E-state index in [0.717, 1.165) is 17.0 Å². The maximum atomic E-state index is 13.8. The van der Waals surface area contributed by atoms with Gasteiger partial charge in [-0.15, -0.1) is 0 Å². The van der Waals surface area contributed by atoms with Crippen LogP contribution in [0.3, 0.4) is 0 Å². The second-order valence-electron chi connectivity index (χ2n) is 5.73. The first-order chi connectivity index (χ1) is 12.0. The number of amides is 1. The number of carbonyl (C=O) groups excluding carboxylic acids is 1. The smallest absolute Gasteiger partial charge is 0.254 e. The van der Waals surface area contributed by atoms with Crippen molar-refractivity contribution in [1.82, 2.24) is 14.9 Å². The summed E-state index contributed by atoms with van der Waals surface area (Å²) < 4.78 is 16.5. The highest BCUT2D eigenvalue weighted by Gasteiger charge is 2.12. The van der Waals surface area contributed by atoms with Gasteiger partial charge < -0.3 is 9.88 Å². The molecule has 128 valence electrons. The number of hydrogen-bond acceptors (Lipinski definition) is 2.